The molecule has 0 saturated heterocycles. The number of hydrogen-bond donors (Lipinski definition) is 1. The largest absolute Gasteiger partial charge is 0.493 e. The number of hydrogen-bond acceptors (Lipinski definition) is 4. The second kappa shape index (κ2) is 7.82. The van der Waals surface area contributed by atoms with Crippen LogP contribution in [-0.4, -0.2) is 13.2 Å². The Morgan fingerprint density at radius 1 is 1.33 bits per heavy atom. The highest BCUT2D eigenvalue weighted by Gasteiger charge is 2.12. The van der Waals surface area contributed by atoms with Crippen LogP contribution in [-0.2, 0) is 13.2 Å². The summed E-state index contributed by atoms with van der Waals surface area (Å²) >= 11 is 5.27. The van der Waals surface area contributed by atoms with Crippen molar-refractivity contribution in [2.75, 3.05) is 7.11 Å². The average molecular weight is 370 g/mol. The number of methoxy groups -OCH3 is 1. The molecule has 0 radical (unpaired) electrons. The zero-order valence-corrected chi connectivity index (χ0v) is 14.9. The molecule has 0 atom stereocenters. The van der Waals surface area contributed by atoms with E-state index in [-0.39, 0.29) is 0 Å². The van der Waals surface area contributed by atoms with Gasteiger partial charge in [-0.1, -0.05) is 19.9 Å². The number of benzene rings is 1. The Morgan fingerprint density at radius 2 is 2.14 bits per heavy atom. The summed E-state index contributed by atoms with van der Waals surface area (Å²) in [5.41, 5.74) is 1.16. The average Bonchev–Trinajstić information content (AvgIpc) is 2.96. The van der Waals surface area contributed by atoms with Gasteiger partial charge < -0.3 is 14.8 Å². The molecule has 2 aromatic rings. The Labute approximate surface area is 138 Å². The molecule has 2 rings (SSSR count). The highest BCUT2D eigenvalue weighted by atomic mass is 79.9. The molecule has 3 nitrogen and oxygen atoms in total. The van der Waals surface area contributed by atoms with Gasteiger partial charge in [-0.2, -0.15) is 0 Å². The van der Waals surface area contributed by atoms with E-state index < -0.39 is 0 Å². The van der Waals surface area contributed by atoms with E-state index in [4.69, 9.17) is 9.47 Å². The van der Waals surface area contributed by atoms with Crippen molar-refractivity contribution in [1.82, 2.24) is 5.32 Å². The first-order valence-corrected chi connectivity index (χ1v) is 8.52. The van der Waals surface area contributed by atoms with Crippen LogP contribution in [0, 0.1) is 0 Å². The summed E-state index contributed by atoms with van der Waals surface area (Å²) in [7, 11) is 1.67. The van der Waals surface area contributed by atoms with Crippen LogP contribution in [0.3, 0.4) is 0 Å². The first-order valence-electron chi connectivity index (χ1n) is 6.85. The van der Waals surface area contributed by atoms with Gasteiger partial charge in [0.25, 0.3) is 0 Å². The zero-order chi connectivity index (χ0) is 15.2. The van der Waals surface area contributed by atoms with Crippen LogP contribution in [0.2, 0.25) is 0 Å². The molecule has 1 aromatic carbocycles. The van der Waals surface area contributed by atoms with Crippen molar-refractivity contribution in [3.63, 3.8) is 0 Å². The van der Waals surface area contributed by atoms with E-state index in [0.29, 0.717) is 12.6 Å². The third kappa shape index (κ3) is 4.73. The zero-order valence-electron chi connectivity index (χ0n) is 12.5. The topological polar surface area (TPSA) is 30.5 Å². The van der Waals surface area contributed by atoms with E-state index in [1.165, 1.54) is 4.88 Å². The van der Waals surface area contributed by atoms with Gasteiger partial charge in [0.1, 0.15) is 6.61 Å². The van der Waals surface area contributed by atoms with Gasteiger partial charge >= 0.3 is 0 Å². The summed E-state index contributed by atoms with van der Waals surface area (Å²) < 4.78 is 12.3. The smallest absolute Gasteiger partial charge is 0.175 e. The molecule has 21 heavy (non-hydrogen) atoms. The fourth-order valence-corrected chi connectivity index (χ4v) is 3.10. The van der Waals surface area contributed by atoms with Gasteiger partial charge in [-0.3, -0.25) is 0 Å². The Kier molecular flexibility index (Phi) is 6.08. The van der Waals surface area contributed by atoms with Gasteiger partial charge in [0.2, 0.25) is 0 Å². The summed E-state index contributed by atoms with van der Waals surface area (Å²) in [4.78, 5) is 1.19. The first-order chi connectivity index (χ1) is 10.1. The van der Waals surface area contributed by atoms with Crippen LogP contribution in [0.15, 0.2) is 34.1 Å². The van der Waals surface area contributed by atoms with Crippen molar-refractivity contribution in [2.45, 2.75) is 33.0 Å². The van der Waals surface area contributed by atoms with E-state index in [2.05, 4.69) is 47.2 Å². The summed E-state index contributed by atoms with van der Waals surface area (Å²) in [6.07, 6.45) is 0. The lowest BCUT2D eigenvalue weighted by molar-refractivity contribution is 0.285. The molecule has 0 aliphatic carbocycles. The van der Waals surface area contributed by atoms with Gasteiger partial charge in [-0.15, -0.1) is 11.3 Å². The predicted molar refractivity (Wildman–Crippen MR) is 91.3 cm³/mol. The Hall–Kier alpha value is -1.04. The highest BCUT2D eigenvalue weighted by Crippen LogP contribution is 2.37. The molecule has 0 aliphatic heterocycles. The van der Waals surface area contributed by atoms with Crippen molar-refractivity contribution in [2.24, 2.45) is 0 Å². The fourth-order valence-electron chi connectivity index (χ4n) is 1.88. The second-order valence-corrected chi connectivity index (χ2v) is 6.90. The first kappa shape index (κ1) is 16.3. The molecule has 114 valence electrons. The molecule has 0 saturated carbocycles. The summed E-state index contributed by atoms with van der Waals surface area (Å²) in [6, 6.07) is 8.62. The minimum atomic E-state index is 0.449. The maximum atomic E-state index is 5.90. The highest BCUT2D eigenvalue weighted by molar-refractivity contribution is 9.10. The summed E-state index contributed by atoms with van der Waals surface area (Å²) in [5.74, 6) is 1.50. The minimum absolute atomic E-state index is 0.449. The van der Waals surface area contributed by atoms with E-state index in [1.54, 1.807) is 18.4 Å². The molecule has 0 bridgehead atoms. The lowest BCUT2D eigenvalue weighted by Gasteiger charge is -2.15. The van der Waals surface area contributed by atoms with Crippen molar-refractivity contribution in [3.05, 3.63) is 44.6 Å². The van der Waals surface area contributed by atoms with Crippen LogP contribution in [0.4, 0.5) is 0 Å². The minimum Gasteiger partial charge on any atom is -0.493 e. The van der Waals surface area contributed by atoms with Crippen LogP contribution in [0.25, 0.3) is 0 Å². The maximum Gasteiger partial charge on any atom is 0.175 e. The van der Waals surface area contributed by atoms with Gasteiger partial charge in [-0.05, 0) is 45.1 Å². The molecule has 0 amide bonds. The molecular weight excluding hydrogens is 350 g/mol. The molecule has 5 heteroatoms. The third-order valence-electron chi connectivity index (χ3n) is 2.94. The monoisotopic (exact) mass is 369 g/mol. The van der Waals surface area contributed by atoms with Crippen molar-refractivity contribution >= 4 is 27.3 Å². The van der Waals surface area contributed by atoms with Gasteiger partial charge in [0.15, 0.2) is 11.5 Å². The van der Waals surface area contributed by atoms with Crippen LogP contribution < -0.4 is 14.8 Å². The van der Waals surface area contributed by atoms with Crippen molar-refractivity contribution in [3.8, 4) is 11.5 Å². The van der Waals surface area contributed by atoms with E-state index in [1.807, 2.05) is 17.5 Å². The van der Waals surface area contributed by atoms with Crippen LogP contribution in [0.5, 0.6) is 11.5 Å². The van der Waals surface area contributed by atoms with Gasteiger partial charge in [0, 0.05) is 17.5 Å². The second-order valence-electron chi connectivity index (χ2n) is 5.01. The molecule has 1 N–H and O–H groups in total. The summed E-state index contributed by atoms with van der Waals surface area (Å²) in [6.45, 7) is 5.61. The number of nitrogens with one attached hydrogen (secondary N) is 1. The molecular formula is C16H20BrNO2S. The van der Waals surface area contributed by atoms with Crippen molar-refractivity contribution < 1.29 is 9.47 Å². The molecule has 1 heterocycles. The van der Waals surface area contributed by atoms with E-state index in [9.17, 15) is 0 Å². The van der Waals surface area contributed by atoms with E-state index in [0.717, 1.165) is 28.1 Å². The molecule has 0 spiro atoms. The van der Waals surface area contributed by atoms with Gasteiger partial charge in [0.05, 0.1) is 11.6 Å². The molecule has 0 aliphatic rings. The standard InChI is InChI=1S/C16H20BrNO2S/c1-11(2)18-9-12-7-14(17)16(15(8-12)19-3)20-10-13-5-4-6-21-13/h4-8,11,18H,9-10H2,1-3H3. The lowest BCUT2D eigenvalue weighted by Crippen LogP contribution is -2.21. The number of ether oxygens (including phenoxy) is 2. The predicted octanol–water partition coefficient (Wildman–Crippen LogP) is 4.60. The Morgan fingerprint density at radius 3 is 2.76 bits per heavy atom. The Bertz CT molecular complexity index is 570. The molecule has 1 aromatic heterocycles. The normalized spacial score (nSPS) is 10.9. The summed E-state index contributed by atoms with van der Waals surface area (Å²) in [5, 5.41) is 5.45. The fraction of sp³-hybridized carbons (Fsp3) is 0.375. The SMILES string of the molecule is COc1cc(CNC(C)C)cc(Br)c1OCc1cccs1. The quantitative estimate of drug-likeness (QED) is 0.773. The molecule has 0 fully saturated rings. The number of thiophene rings is 1. The number of rotatable bonds is 7. The van der Waals surface area contributed by atoms with Crippen LogP contribution >= 0.6 is 27.3 Å². The Balaban J connectivity index is 2.12. The van der Waals surface area contributed by atoms with Gasteiger partial charge in [-0.25, -0.2) is 0 Å². The maximum absolute atomic E-state index is 5.90. The third-order valence-corrected chi connectivity index (χ3v) is 4.38. The lowest BCUT2D eigenvalue weighted by atomic mass is 10.2. The van der Waals surface area contributed by atoms with Crippen LogP contribution in [0.1, 0.15) is 24.3 Å². The van der Waals surface area contributed by atoms with E-state index >= 15 is 0 Å². The molecule has 0 unspecified atom stereocenters. The number of halogens is 1. The van der Waals surface area contributed by atoms with Crippen molar-refractivity contribution in [1.29, 1.82) is 0 Å².